The van der Waals surface area contributed by atoms with E-state index in [1.165, 1.54) is 22.4 Å². The molecule has 0 atom stereocenters. The van der Waals surface area contributed by atoms with Gasteiger partial charge in [0.1, 0.15) is 0 Å². The zero-order chi connectivity index (χ0) is 11.4. The molecule has 0 fully saturated rings. The number of benzene rings is 2. The van der Waals surface area contributed by atoms with Gasteiger partial charge in [-0.15, -0.1) is 0 Å². The Bertz CT molecular complexity index is 464. The van der Waals surface area contributed by atoms with Crippen LogP contribution in [0.1, 0.15) is 16.7 Å². The summed E-state index contributed by atoms with van der Waals surface area (Å²) in [6.07, 6.45) is 0. The minimum Gasteiger partial charge on any atom is -0.381 e. The van der Waals surface area contributed by atoms with Gasteiger partial charge in [-0.3, -0.25) is 0 Å². The highest BCUT2D eigenvalue weighted by Crippen LogP contribution is 2.18. The molecule has 2 rings (SSSR count). The molecule has 0 heterocycles. The van der Waals surface area contributed by atoms with Crippen LogP contribution in [0.15, 0.2) is 48.5 Å². The van der Waals surface area contributed by atoms with E-state index in [1.54, 1.807) is 0 Å². The Morgan fingerprint density at radius 1 is 0.882 bits per heavy atom. The van der Waals surface area contributed by atoms with Crippen LogP contribution in [0, 0.1) is 13.8 Å². The second-order valence-electron chi connectivity index (χ2n) is 4.09. The Labute approximate surface area is 103 Å². The summed E-state index contributed by atoms with van der Waals surface area (Å²) >= 11 is 0. The molecule has 0 aromatic heterocycles. The second-order valence-corrected chi connectivity index (χ2v) is 4.09. The Morgan fingerprint density at radius 3 is 2.29 bits per heavy atom. The summed E-state index contributed by atoms with van der Waals surface area (Å²) in [5.74, 6) is 0. The maximum atomic E-state index is 3.47. The van der Waals surface area contributed by atoms with Crippen LogP contribution >= 0.6 is 0 Å². The first-order valence-electron chi connectivity index (χ1n) is 5.61. The minimum atomic E-state index is 0. The van der Waals surface area contributed by atoms with Crippen molar-refractivity contribution < 1.29 is 0 Å². The standard InChI is InChI=1S/C15H17N.H3N/c1-12-7-6-10-15(13(12)2)16-11-14-8-4-3-5-9-14;/h3-10,16H,11H2,1-2H3;1H3. The summed E-state index contributed by atoms with van der Waals surface area (Å²) in [7, 11) is 0. The first-order chi connectivity index (χ1) is 7.77. The lowest BCUT2D eigenvalue weighted by molar-refractivity contribution is 1.13. The van der Waals surface area contributed by atoms with E-state index in [0.29, 0.717) is 0 Å². The molecule has 2 aromatic carbocycles. The number of rotatable bonds is 3. The van der Waals surface area contributed by atoms with Crippen LogP contribution in [0.4, 0.5) is 5.69 Å². The van der Waals surface area contributed by atoms with Gasteiger partial charge in [-0.25, -0.2) is 0 Å². The van der Waals surface area contributed by atoms with Gasteiger partial charge in [-0.1, -0.05) is 42.5 Å². The molecule has 0 saturated carbocycles. The molecular formula is C15H20N2. The average Bonchev–Trinajstić information content (AvgIpc) is 2.32. The Hall–Kier alpha value is -1.80. The molecule has 0 unspecified atom stereocenters. The fourth-order valence-corrected chi connectivity index (χ4v) is 1.74. The Kier molecular flexibility index (Phi) is 4.73. The summed E-state index contributed by atoms with van der Waals surface area (Å²) in [6.45, 7) is 5.18. The van der Waals surface area contributed by atoms with Crippen molar-refractivity contribution in [3.8, 4) is 0 Å². The second kappa shape index (κ2) is 6.06. The van der Waals surface area contributed by atoms with Crippen LogP contribution in [-0.2, 0) is 6.54 Å². The van der Waals surface area contributed by atoms with Gasteiger partial charge < -0.3 is 11.5 Å². The summed E-state index contributed by atoms with van der Waals surface area (Å²) in [6, 6.07) is 16.8. The highest BCUT2D eigenvalue weighted by molar-refractivity contribution is 5.53. The largest absolute Gasteiger partial charge is 0.381 e. The van der Waals surface area contributed by atoms with Gasteiger partial charge in [0.05, 0.1) is 0 Å². The predicted molar refractivity (Wildman–Crippen MR) is 74.7 cm³/mol. The highest BCUT2D eigenvalue weighted by atomic mass is 14.9. The number of aryl methyl sites for hydroxylation is 1. The lowest BCUT2D eigenvalue weighted by Gasteiger charge is -2.11. The van der Waals surface area contributed by atoms with Gasteiger partial charge in [-0.05, 0) is 36.6 Å². The number of hydrogen-bond acceptors (Lipinski definition) is 2. The molecule has 2 nitrogen and oxygen atoms in total. The van der Waals surface area contributed by atoms with E-state index in [2.05, 4.69) is 61.6 Å². The van der Waals surface area contributed by atoms with Crippen LogP contribution < -0.4 is 11.5 Å². The minimum absolute atomic E-state index is 0. The predicted octanol–water partition coefficient (Wildman–Crippen LogP) is 4.08. The normalized spacial score (nSPS) is 9.53. The fourth-order valence-electron chi connectivity index (χ4n) is 1.74. The highest BCUT2D eigenvalue weighted by Gasteiger charge is 1.99. The van der Waals surface area contributed by atoms with Crippen molar-refractivity contribution in [3.05, 3.63) is 65.2 Å². The number of nitrogens with one attached hydrogen (secondary N) is 1. The van der Waals surface area contributed by atoms with Gasteiger partial charge in [-0.2, -0.15) is 0 Å². The van der Waals surface area contributed by atoms with Crippen LogP contribution in [0.5, 0.6) is 0 Å². The molecule has 0 saturated heterocycles. The lowest BCUT2D eigenvalue weighted by Crippen LogP contribution is -2.01. The smallest absolute Gasteiger partial charge is 0.0400 e. The van der Waals surface area contributed by atoms with E-state index >= 15 is 0 Å². The summed E-state index contributed by atoms with van der Waals surface area (Å²) in [4.78, 5) is 0. The molecule has 0 aliphatic rings. The average molecular weight is 228 g/mol. The molecule has 90 valence electrons. The van der Waals surface area contributed by atoms with Crippen molar-refractivity contribution in [1.82, 2.24) is 6.15 Å². The first-order valence-corrected chi connectivity index (χ1v) is 5.61. The molecule has 4 N–H and O–H groups in total. The van der Waals surface area contributed by atoms with Crippen LogP contribution in [-0.4, -0.2) is 0 Å². The first kappa shape index (κ1) is 13.3. The quantitative estimate of drug-likeness (QED) is 0.831. The summed E-state index contributed by atoms with van der Waals surface area (Å²) in [5.41, 5.74) is 5.20. The van der Waals surface area contributed by atoms with E-state index in [0.717, 1.165) is 6.54 Å². The maximum absolute atomic E-state index is 3.47. The third-order valence-corrected chi connectivity index (χ3v) is 2.93. The van der Waals surface area contributed by atoms with Crippen molar-refractivity contribution >= 4 is 5.69 Å². The van der Waals surface area contributed by atoms with Gasteiger partial charge in [0.25, 0.3) is 0 Å². The molecule has 0 spiro atoms. The molecule has 0 bridgehead atoms. The van der Waals surface area contributed by atoms with E-state index in [1.807, 2.05) is 6.07 Å². The lowest BCUT2D eigenvalue weighted by atomic mass is 10.1. The van der Waals surface area contributed by atoms with Crippen molar-refractivity contribution in [2.24, 2.45) is 0 Å². The van der Waals surface area contributed by atoms with Crippen molar-refractivity contribution in [2.45, 2.75) is 20.4 Å². The van der Waals surface area contributed by atoms with E-state index in [-0.39, 0.29) is 6.15 Å². The Morgan fingerprint density at radius 2 is 1.59 bits per heavy atom. The van der Waals surface area contributed by atoms with Crippen molar-refractivity contribution in [1.29, 1.82) is 0 Å². The summed E-state index contributed by atoms with van der Waals surface area (Å²) < 4.78 is 0. The SMILES string of the molecule is Cc1cccc(NCc2ccccc2)c1C.N. The molecule has 2 aromatic rings. The number of hydrogen-bond donors (Lipinski definition) is 2. The zero-order valence-electron chi connectivity index (χ0n) is 10.5. The van der Waals surface area contributed by atoms with Gasteiger partial charge in [0, 0.05) is 12.2 Å². The van der Waals surface area contributed by atoms with E-state index < -0.39 is 0 Å². The Balaban J connectivity index is 0.00000144. The van der Waals surface area contributed by atoms with Crippen molar-refractivity contribution in [3.63, 3.8) is 0 Å². The van der Waals surface area contributed by atoms with E-state index in [9.17, 15) is 0 Å². The van der Waals surface area contributed by atoms with Gasteiger partial charge in [0.15, 0.2) is 0 Å². The van der Waals surface area contributed by atoms with Crippen molar-refractivity contribution in [2.75, 3.05) is 5.32 Å². The zero-order valence-corrected chi connectivity index (χ0v) is 10.5. The molecule has 0 amide bonds. The topological polar surface area (TPSA) is 47.0 Å². The third-order valence-electron chi connectivity index (χ3n) is 2.93. The van der Waals surface area contributed by atoms with Gasteiger partial charge >= 0.3 is 0 Å². The van der Waals surface area contributed by atoms with Crippen LogP contribution in [0.3, 0.4) is 0 Å². The monoisotopic (exact) mass is 228 g/mol. The molecule has 2 heteroatoms. The van der Waals surface area contributed by atoms with Crippen LogP contribution in [0.25, 0.3) is 0 Å². The maximum Gasteiger partial charge on any atom is 0.0400 e. The molecular weight excluding hydrogens is 208 g/mol. The third kappa shape index (κ3) is 3.33. The molecule has 0 radical (unpaired) electrons. The molecule has 0 aliphatic heterocycles. The fraction of sp³-hybridized carbons (Fsp3) is 0.200. The summed E-state index contributed by atoms with van der Waals surface area (Å²) in [5, 5.41) is 3.47. The van der Waals surface area contributed by atoms with Gasteiger partial charge in [0.2, 0.25) is 0 Å². The van der Waals surface area contributed by atoms with E-state index in [4.69, 9.17) is 0 Å². The molecule has 17 heavy (non-hydrogen) atoms. The molecule has 0 aliphatic carbocycles. The number of anilines is 1. The van der Waals surface area contributed by atoms with Crippen LogP contribution in [0.2, 0.25) is 0 Å².